The lowest BCUT2D eigenvalue weighted by atomic mass is 10.0. The summed E-state index contributed by atoms with van der Waals surface area (Å²) < 4.78 is 39.4. The van der Waals surface area contributed by atoms with E-state index in [4.69, 9.17) is 0 Å². The number of carbonyl (C=O) groups excluding carboxylic acids is 1. The Kier molecular flexibility index (Phi) is 4.50. The summed E-state index contributed by atoms with van der Waals surface area (Å²) >= 11 is 0. The molecule has 2 unspecified atom stereocenters. The second kappa shape index (κ2) is 6.60. The van der Waals surface area contributed by atoms with E-state index in [1.54, 1.807) is 0 Å². The Morgan fingerprint density at radius 3 is 2.56 bits per heavy atom. The molecule has 0 bridgehead atoms. The second-order valence-corrected chi connectivity index (χ2v) is 5.80. The number of carbonyl (C=O) groups is 1. The molecule has 1 heterocycles. The zero-order valence-electron chi connectivity index (χ0n) is 13.2. The first kappa shape index (κ1) is 17.0. The lowest BCUT2D eigenvalue weighted by Crippen LogP contribution is -2.37. The van der Waals surface area contributed by atoms with Gasteiger partial charge in [0.1, 0.15) is 11.5 Å². The topological polar surface area (TPSA) is 65.1 Å². The highest BCUT2D eigenvalue weighted by molar-refractivity contribution is 5.98. The molecule has 7 heteroatoms. The molecule has 0 saturated carbocycles. The number of aromatic nitrogens is 1. The Balaban J connectivity index is 1.75. The lowest BCUT2D eigenvalue weighted by Gasteiger charge is -2.20. The fourth-order valence-electron chi connectivity index (χ4n) is 2.57. The van der Waals surface area contributed by atoms with Crippen LogP contribution in [-0.4, -0.2) is 22.0 Å². The molecule has 0 fully saturated rings. The molecule has 1 amide bonds. The zero-order valence-corrected chi connectivity index (χ0v) is 13.2. The molecule has 0 aliphatic rings. The quantitative estimate of drug-likeness (QED) is 0.676. The van der Waals surface area contributed by atoms with Crippen molar-refractivity contribution in [2.24, 2.45) is 0 Å². The molecule has 3 aromatic rings. The number of rotatable bonds is 4. The van der Waals surface area contributed by atoms with Gasteiger partial charge in [0, 0.05) is 10.9 Å². The Morgan fingerprint density at radius 1 is 1.08 bits per heavy atom. The number of amides is 1. The minimum absolute atomic E-state index is 0.144. The standard InChI is InChI=1S/C18H15F3N2O2/c1-9(17(24)10-2-4-13(20)14(21)7-10)22-18(25)16-8-11-6-12(19)3-5-15(11)23-16/h2-9,17,23-24H,1H3,(H,22,25). The SMILES string of the molecule is CC(NC(=O)c1cc2cc(F)ccc2[nH]1)C(O)c1ccc(F)c(F)c1. The highest BCUT2D eigenvalue weighted by Gasteiger charge is 2.21. The van der Waals surface area contributed by atoms with Crippen molar-refractivity contribution >= 4 is 16.8 Å². The zero-order chi connectivity index (χ0) is 18.1. The maximum absolute atomic E-state index is 13.3. The minimum Gasteiger partial charge on any atom is -0.386 e. The third-order valence-electron chi connectivity index (χ3n) is 3.94. The molecular weight excluding hydrogens is 333 g/mol. The predicted octanol–water partition coefficient (Wildman–Crippen LogP) is 3.44. The van der Waals surface area contributed by atoms with Gasteiger partial charge < -0.3 is 15.4 Å². The van der Waals surface area contributed by atoms with Crippen LogP contribution in [0.25, 0.3) is 10.9 Å². The van der Waals surface area contributed by atoms with Crippen LogP contribution in [0, 0.1) is 17.5 Å². The van der Waals surface area contributed by atoms with Crippen LogP contribution in [0.3, 0.4) is 0 Å². The molecule has 0 radical (unpaired) electrons. The molecule has 2 atom stereocenters. The first-order valence-corrected chi connectivity index (χ1v) is 7.57. The largest absolute Gasteiger partial charge is 0.386 e. The number of halogens is 3. The molecule has 2 aromatic carbocycles. The molecule has 3 N–H and O–H groups in total. The van der Waals surface area contributed by atoms with Gasteiger partial charge in [0.15, 0.2) is 11.6 Å². The van der Waals surface area contributed by atoms with Crippen LogP contribution in [0.2, 0.25) is 0 Å². The first-order chi connectivity index (χ1) is 11.8. The number of aromatic amines is 1. The number of benzene rings is 2. The molecule has 25 heavy (non-hydrogen) atoms. The van der Waals surface area contributed by atoms with Gasteiger partial charge in [0.05, 0.1) is 12.1 Å². The third kappa shape index (κ3) is 3.51. The number of fused-ring (bicyclic) bond motifs is 1. The second-order valence-electron chi connectivity index (χ2n) is 5.80. The van der Waals surface area contributed by atoms with Crippen molar-refractivity contribution in [2.45, 2.75) is 19.1 Å². The maximum atomic E-state index is 13.3. The summed E-state index contributed by atoms with van der Waals surface area (Å²) in [5.74, 6) is -3.02. The van der Waals surface area contributed by atoms with E-state index >= 15 is 0 Å². The summed E-state index contributed by atoms with van der Waals surface area (Å²) in [6, 6.07) is 7.85. The fourth-order valence-corrected chi connectivity index (χ4v) is 2.57. The normalized spacial score (nSPS) is 13.6. The van der Waals surface area contributed by atoms with Gasteiger partial charge in [-0.15, -0.1) is 0 Å². The van der Waals surface area contributed by atoms with Crippen LogP contribution >= 0.6 is 0 Å². The fraction of sp³-hybridized carbons (Fsp3) is 0.167. The van der Waals surface area contributed by atoms with E-state index in [0.29, 0.717) is 10.9 Å². The molecule has 1 aromatic heterocycles. The molecule has 4 nitrogen and oxygen atoms in total. The van der Waals surface area contributed by atoms with Crippen molar-refractivity contribution < 1.29 is 23.1 Å². The van der Waals surface area contributed by atoms with Crippen molar-refractivity contribution in [1.29, 1.82) is 0 Å². The van der Waals surface area contributed by atoms with Gasteiger partial charge >= 0.3 is 0 Å². The van der Waals surface area contributed by atoms with Crippen LogP contribution in [0.1, 0.15) is 29.1 Å². The molecule has 0 spiro atoms. The minimum atomic E-state index is -1.22. The van der Waals surface area contributed by atoms with Gasteiger partial charge in [0.2, 0.25) is 0 Å². The van der Waals surface area contributed by atoms with Crippen molar-refractivity contribution in [2.75, 3.05) is 0 Å². The van der Waals surface area contributed by atoms with E-state index in [1.807, 2.05) is 0 Å². The van der Waals surface area contributed by atoms with Crippen LogP contribution in [-0.2, 0) is 0 Å². The van der Waals surface area contributed by atoms with Crippen molar-refractivity contribution in [1.82, 2.24) is 10.3 Å². The molecule has 3 rings (SSSR count). The number of H-pyrrole nitrogens is 1. The summed E-state index contributed by atoms with van der Waals surface area (Å²) in [7, 11) is 0. The number of hydrogen-bond donors (Lipinski definition) is 3. The third-order valence-corrected chi connectivity index (χ3v) is 3.94. The van der Waals surface area contributed by atoms with E-state index in [1.165, 1.54) is 37.3 Å². The number of nitrogens with one attached hydrogen (secondary N) is 2. The summed E-state index contributed by atoms with van der Waals surface area (Å²) in [6.45, 7) is 1.53. The van der Waals surface area contributed by atoms with Crippen LogP contribution < -0.4 is 5.32 Å². The molecular formula is C18H15F3N2O2. The van der Waals surface area contributed by atoms with E-state index in [2.05, 4.69) is 10.3 Å². The molecule has 0 saturated heterocycles. The average molecular weight is 348 g/mol. The Hall–Kier alpha value is -2.80. The highest BCUT2D eigenvalue weighted by Crippen LogP contribution is 2.20. The van der Waals surface area contributed by atoms with E-state index in [-0.39, 0.29) is 11.3 Å². The van der Waals surface area contributed by atoms with Gasteiger partial charge in [-0.3, -0.25) is 4.79 Å². The number of hydrogen-bond acceptors (Lipinski definition) is 2. The van der Waals surface area contributed by atoms with Gasteiger partial charge in [0.25, 0.3) is 5.91 Å². The Bertz CT molecular complexity index is 939. The van der Waals surface area contributed by atoms with E-state index in [9.17, 15) is 23.1 Å². The number of aliphatic hydroxyl groups is 1. The summed E-state index contributed by atoms with van der Waals surface area (Å²) in [5.41, 5.74) is 0.940. The molecule has 0 aliphatic carbocycles. The average Bonchev–Trinajstić information content (AvgIpc) is 2.99. The van der Waals surface area contributed by atoms with Crippen LogP contribution in [0.15, 0.2) is 42.5 Å². The van der Waals surface area contributed by atoms with Crippen molar-refractivity contribution in [3.8, 4) is 0 Å². The van der Waals surface area contributed by atoms with Crippen molar-refractivity contribution in [3.05, 3.63) is 71.2 Å². The van der Waals surface area contributed by atoms with Gasteiger partial charge in [-0.05, 0) is 48.9 Å². The Labute approximate surface area is 141 Å². The summed E-state index contributed by atoms with van der Waals surface area (Å²) in [4.78, 5) is 15.1. The highest BCUT2D eigenvalue weighted by atomic mass is 19.2. The van der Waals surface area contributed by atoms with E-state index in [0.717, 1.165) is 12.1 Å². The van der Waals surface area contributed by atoms with Gasteiger partial charge in [-0.2, -0.15) is 0 Å². The first-order valence-electron chi connectivity index (χ1n) is 7.57. The number of aliphatic hydroxyl groups excluding tert-OH is 1. The molecule has 0 aliphatic heterocycles. The van der Waals surface area contributed by atoms with E-state index < -0.39 is 35.5 Å². The van der Waals surface area contributed by atoms with Crippen molar-refractivity contribution in [3.63, 3.8) is 0 Å². The lowest BCUT2D eigenvalue weighted by molar-refractivity contribution is 0.0847. The summed E-state index contributed by atoms with van der Waals surface area (Å²) in [6.07, 6.45) is -1.22. The summed E-state index contributed by atoms with van der Waals surface area (Å²) in [5, 5.41) is 13.3. The monoisotopic (exact) mass is 348 g/mol. The Morgan fingerprint density at radius 2 is 1.84 bits per heavy atom. The maximum Gasteiger partial charge on any atom is 0.268 e. The smallest absolute Gasteiger partial charge is 0.268 e. The van der Waals surface area contributed by atoms with Gasteiger partial charge in [-0.25, -0.2) is 13.2 Å². The van der Waals surface area contributed by atoms with Crippen LogP contribution in [0.4, 0.5) is 13.2 Å². The molecule has 130 valence electrons. The van der Waals surface area contributed by atoms with Crippen LogP contribution in [0.5, 0.6) is 0 Å². The van der Waals surface area contributed by atoms with Gasteiger partial charge in [-0.1, -0.05) is 6.07 Å². The predicted molar refractivity (Wildman–Crippen MR) is 86.5 cm³/mol.